The second-order valence-corrected chi connectivity index (χ2v) is 6.13. The van der Waals surface area contributed by atoms with E-state index in [1.807, 2.05) is 0 Å². The smallest absolute Gasteiger partial charge is 0.344 e. The molecule has 0 radical (unpaired) electrons. The zero-order chi connectivity index (χ0) is 22.3. The molecule has 2 rings (SSSR count). The highest BCUT2D eigenvalue weighted by molar-refractivity contribution is 5.97. The Hall–Kier alpha value is -3.95. The lowest BCUT2D eigenvalue weighted by molar-refractivity contribution is -0.384. The van der Waals surface area contributed by atoms with Gasteiger partial charge in [0.1, 0.15) is 17.2 Å². The molecule has 0 aromatic heterocycles. The lowest BCUT2D eigenvalue weighted by Gasteiger charge is -2.14. The van der Waals surface area contributed by atoms with E-state index in [4.69, 9.17) is 14.2 Å². The number of carbonyl (C=O) groups excluding carboxylic acids is 3. The first-order valence-electron chi connectivity index (χ1n) is 8.78. The molecule has 0 saturated carbocycles. The molecule has 0 spiro atoms. The summed E-state index contributed by atoms with van der Waals surface area (Å²) in [7, 11) is 1.36. The molecule has 1 atom stereocenters. The Morgan fingerprint density at radius 2 is 1.73 bits per heavy atom. The van der Waals surface area contributed by atoms with E-state index in [9.17, 15) is 24.5 Å². The van der Waals surface area contributed by atoms with Crippen molar-refractivity contribution in [2.45, 2.75) is 20.0 Å². The van der Waals surface area contributed by atoms with Gasteiger partial charge < -0.3 is 19.5 Å². The Bertz CT molecular complexity index is 956. The van der Waals surface area contributed by atoms with Gasteiger partial charge in [0.05, 0.1) is 18.1 Å². The summed E-state index contributed by atoms with van der Waals surface area (Å²) in [4.78, 5) is 45.9. The predicted octanol–water partition coefficient (Wildman–Crippen LogP) is 2.76. The van der Waals surface area contributed by atoms with Gasteiger partial charge in [0.25, 0.3) is 11.6 Å². The standard InChI is InChI=1S/C20H20N2O8/c1-12(23)14-4-6-15(7-5-14)29-11-19(24)30-13(2)20(25)21-17-9-8-16(28-3)10-18(17)22(26)27/h4-10,13H,11H2,1-3H3,(H,21,25)/t13-/m0/s1. The lowest BCUT2D eigenvalue weighted by Crippen LogP contribution is -2.31. The topological polar surface area (TPSA) is 134 Å². The molecular formula is C20H20N2O8. The zero-order valence-electron chi connectivity index (χ0n) is 16.5. The monoisotopic (exact) mass is 416 g/mol. The first kappa shape index (κ1) is 22.3. The summed E-state index contributed by atoms with van der Waals surface area (Å²) in [5.41, 5.74) is 0.0805. The number of ether oxygens (including phenoxy) is 3. The SMILES string of the molecule is COc1ccc(NC(=O)[C@H](C)OC(=O)COc2ccc(C(C)=O)cc2)c([N+](=O)[O-])c1. The van der Waals surface area contributed by atoms with Crippen molar-refractivity contribution >= 4 is 29.0 Å². The van der Waals surface area contributed by atoms with E-state index >= 15 is 0 Å². The Kier molecular flexibility index (Phi) is 7.45. The molecule has 0 aliphatic carbocycles. The van der Waals surface area contributed by atoms with Crippen LogP contribution in [0.1, 0.15) is 24.2 Å². The van der Waals surface area contributed by atoms with Crippen LogP contribution in [-0.4, -0.2) is 42.4 Å². The maximum atomic E-state index is 12.2. The molecule has 10 nitrogen and oxygen atoms in total. The molecular weight excluding hydrogens is 396 g/mol. The third-order valence-corrected chi connectivity index (χ3v) is 3.95. The summed E-state index contributed by atoms with van der Waals surface area (Å²) >= 11 is 0. The van der Waals surface area contributed by atoms with Crippen LogP contribution in [0.3, 0.4) is 0 Å². The number of rotatable bonds is 9. The summed E-state index contributed by atoms with van der Waals surface area (Å²) in [6.07, 6.45) is -1.22. The van der Waals surface area contributed by atoms with Crippen molar-refractivity contribution in [3.05, 3.63) is 58.1 Å². The average molecular weight is 416 g/mol. The Balaban J connectivity index is 1.91. The summed E-state index contributed by atoms with van der Waals surface area (Å²) < 4.78 is 15.2. The number of carbonyl (C=O) groups is 3. The third kappa shape index (κ3) is 6.03. The van der Waals surface area contributed by atoms with Crippen molar-refractivity contribution in [1.82, 2.24) is 0 Å². The number of benzene rings is 2. The fraction of sp³-hybridized carbons (Fsp3) is 0.250. The number of hydrogen-bond acceptors (Lipinski definition) is 8. The minimum atomic E-state index is -1.22. The number of Topliss-reactive ketones (excluding diaryl/α,β-unsaturated/α-hetero) is 1. The minimum Gasteiger partial charge on any atom is -0.496 e. The highest BCUT2D eigenvalue weighted by Crippen LogP contribution is 2.29. The van der Waals surface area contributed by atoms with Gasteiger partial charge in [0.2, 0.25) is 0 Å². The fourth-order valence-electron chi connectivity index (χ4n) is 2.34. The van der Waals surface area contributed by atoms with Crippen LogP contribution in [0.15, 0.2) is 42.5 Å². The van der Waals surface area contributed by atoms with Gasteiger partial charge in [-0.1, -0.05) is 0 Å². The molecule has 0 heterocycles. The number of esters is 1. The number of nitrogens with one attached hydrogen (secondary N) is 1. The number of amides is 1. The first-order valence-corrected chi connectivity index (χ1v) is 8.78. The molecule has 0 aliphatic rings. The molecule has 1 amide bonds. The van der Waals surface area contributed by atoms with Gasteiger partial charge in [-0.15, -0.1) is 0 Å². The van der Waals surface area contributed by atoms with Crippen molar-refractivity contribution < 1.29 is 33.5 Å². The van der Waals surface area contributed by atoms with Crippen molar-refractivity contribution in [2.75, 3.05) is 19.0 Å². The zero-order valence-corrected chi connectivity index (χ0v) is 16.5. The quantitative estimate of drug-likeness (QED) is 0.285. The van der Waals surface area contributed by atoms with Gasteiger partial charge in [0, 0.05) is 5.56 Å². The summed E-state index contributed by atoms with van der Waals surface area (Å²) in [5.74, 6) is -1.05. The Morgan fingerprint density at radius 3 is 2.30 bits per heavy atom. The molecule has 0 aliphatic heterocycles. The number of nitro benzene ring substituents is 1. The first-order chi connectivity index (χ1) is 14.2. The van der Waals surface area contributed by atoms with Crippen LogP contribution in [0.25, 0.3) is 0 Å². The number of nitrogens with zero attached hydrogens (tertiary/aromatic N) is 1. The second-order valence-electron chi connectivity index (χ2n) is 6.13. The Labute approximate surface area is 171 Å². The molecule has 0 bridgehead atoms. The summed E-state index contributed by atoms with van der Waals surface area (Å²) in [5, 5.41) is 13.5. The van der Waals surface area contributed by atoms with Crippen molar-refractivity contribution in [2.24, 2.45) is 0 Å². The number of methoxy groups -OCH3 is 1. The molecule has 158 valence electrons. The number of nitro groups is 1. The summed E-state index contributed by atoms with van der Waals surface area (Å²) in [6.45, 7) is 2.30. The molecule has 0 fully saturated rings. The largest absolute Gasteiger partial charge is 0.496 e. The highest BCUT2D eigenvalue weighted by Gasteiger charge is 2.22. The van der Waals surface area contributed by atoms with Crippen molar-refractivity contribution in [3.8, 4) is 11.5 Å². The van der Waals surface area contributed by atoms with E-state index in [0.29, 0.717) is 11.3 Å². The summed E-state index contributed by atoms with van der Waals surface area (Å²) in [6, 6.07) is 10.1. The minimum absolute atomic E-state index is 0.0597. The number of ketones is 1. The van der Waals surface area contributed by atoms with E-state index in [1.165, 1.54) is 45.2 Å². The van der Waals surface area contributed by atoms with E-state index in [1.54, 1.807) is 12.1 Å². The normalized spacial score (nSPS) is 11.2. The van der Waals surface area contributed by atoms with Gasteiger partial charge in [-0.2, -0.15) is 0 Å². The van der Waals surface area contributed by atoms with Crippen LogP contribution in [0, 0.1) is 10.1 Å². The molecule has 10 heteroatoms. The average Bonchev–Trinajstić information content (AvgIpc) is 2.72. The van der Waals surface area contributed by atoms with Gasteiger partial charge in [-0.3, -0.25) is 19.7 Å². The number of hydrogen-bond donors (Lipinski definition) is 1. The predicted molar refractivity (Wildman–Crippen MR) is 106 cm³/mol. The van der Waals surface area contributed by atoms with Gasteiger partial charge in [-0.25, -0.2) is 4.79 Å². The molecule has 2 aromatic rings. The van der Waals surface area contributed by atoms with Crippen LogP contribution in [0.2, 0.25) is 0 Å². The van der Waals surface area contributed by atoms with E-state index in [0.717, 1.165) is 6.07 Å². The highest BCUT2D eigenvalue weighted by atomic mass is 16.6. The van der Waals surface area contributed by atoms with E-state index in [2.05, 4.69) is 5.32 Å². The van der Waals surface area contributed by atoms with Crippen LogP contribution >= 0.6 is 0 Å². The van der Waals surface area contributed by atoms with E-state index < -0.39 is 29.5 Å². The third-order valence-electron chi connectivity index (χ3n) is 3.95. The van der Waals surface area contributed by atoms with Gasteiger partial charge >= 0.3 is 5.97 Å². The Morgan fingerprint density at radius 1 is 1.10 bits per heavy atom. The number of anilines is 1. The van der Waals surface area contributed by atoms with Gasteiger partial charge in [-0.05, 0) is 50.2 Å². The van der Waals surface area contributed by atoms with Crippen LogP contribution in [-0.2, 0) is 14.3 Å². The molecule has 0 saturated heterocycles. The van der Waals surface area contributed by atoms with E-state index in [-0.39, 0.29) is 22.9 Å². The maximum Gasteiger partial charge on any atom is 0.344 e. The molecule has 1 N–H and O–H groups in total. The van der Waals surface area contributed by atoms with Crippen molar-refractivity contribution in [1.29, 1.82) is 0 Å². The van der Waals surface area contributed by atoms with Crippen LogP contribution in [0.4, 0.5) is 11.4 Å². The van der Waals surface area contributed by atoms with Crippen LogP contribution in [0.5, 0.6) is 11.5 Å². The van der Waals surface area contributed by atoms with Crippen LogP contribution < -0.4 is 14.8 Å². The second kappa shape index (κ2) is 10.0. The van der Waals surface area contributed by atoms with Crippen molar-refractivity contribution in [3.63, 3.8) is 0 Å². The lowest BCUT2D eigenvalue weighted by atomic mass is 10.1. The maximum absolute atomic E-state index is 12.2. The molecule has 30 heavy (non-hydrogen) atoms. The molecule has 0 unspecified atom stereocenters. The molecule has 2 aromatic carbocycles. The van der Waals surface area contributed by atoms with Gasteiger partial charge in [0.15, 0.2) is 18.5 Å². The fourth-order valence-corrected chi connectivity index (χ4v) is 2.34.